The Morgan fingerprint density at radius 3 is 2.83 bits per heavy atom. The van der Waals surface area contributed by atoms with Gasteiger partial charge in [-0.1, -0.05) is 13.0 Å². The minimum absolute atomic E-state index is 0.0795. The molecule has 1 atom stereocenters. The Kier molecular flexibility index (Phi) is 3.67. The second-order valence-electron chi connectivity index (χ2n) is 5.91. The van der Waals surface area contributed by atoms with Crippen LogP contribution in [0.3, 0.4) is 0 Å². The Labute approximate surface area is 133 Å². The van der Waals surface area contributed by atoms with Crippen LogP contribution >= 0.6 is 0 Å². The van der Waals surface area contributed by atoms with Crippen molar-refractivity contribution in [3.05, 3.63) is 46.0 Å². The first-order valence-electron chi connectivity index (χ1n) is 7.72. The Morgan fingerprint density at radius 2 is 2.13 bits per heavy atom. The Bertz CT molecular complexity index is 968. The van der Waals surface area contributed by atoms with E-state index in [0.29, 0.717) is 22.4 Å². The molecule has 0 aliphatic heterocycles. The number of carbonyl (C=O) groups excluding carboxylic acids is 1. The monoisotopic (exact) mass is 312 g/mol. The molecule has 1 amide bonds. The van der Waals surface area contributed by atoms with Gasteiger partial charge in [0.2, 0.25) is 0 Å². The van der Waals surface area contributed by atoms with Crippen LogP contribution in [-0.2, 0) is 7.05 Å². The van der Waals surface area contributed by atoms with E-state index in [0.717, 1.165) is 12.0 Å². The van der Waals surface area contributed by atoms with E-state index >= 15 is 0 Å². The van der Waals surface area contributed by atoms with Gasteiger partial charge in [-0.05, 0) is 38.0 Å². The lowest BCUT2D eigenvalue weighted by Gasteiger charge is -2.11. The number of pyridine rings is 1. The number of fused-ring (bicyclic) bond motifs is 2. The molecule has 0 saturated heterocycles. The molecule has 0 radical (unpaired) electrons. The van der Waals surface area contributed by atoms with Crippen LogP contribution in [0.25, 0.3) is 16.7 Å². The zero-order valence-electron chi connectivity index (χ0n) is 13.8. The SMILES string of the molecule is CCC(C)NC(=O)c1cc2c(=O)n3cccc(C)c3nc2n1C. The summed E-state index contributed by atoms with van der Waals surface area (Å²) in [5.41, 5.74) is 2.34. The fourth-order valence-electron chi connectivity index (χ4n) is 2.65. The third kappa shape index (κ3) is 2.40. The molecule has 0 aromatic carbocycles. The summed E-state index contributed by atoms with van der Waals surface area (Å²) in [6.07, 6.45) is 2.54. The molecule has 120 valence electrons. The van der Waals surface area contributed by atoms with E-state index in [1.807, 2.05) is 32.9 Å². The van der Waals surface area contributed by atoms with Gasteiger partial charge in [0.25, 0.3) is 11.5 Å². The number of carbonyl (C=O) groups is 1. The molecule has 23 heavy (non-hydrogen) atoms. The van der Waals surface area contributed by atoms with Crippen molar-refractivity contribution in [3.8, 4) is 0 Å². The third-order valence-electron chi connectivity index (χ3n) is 4.25. The maximum Gasteiger partial charge on any atom is 0.268 e. The zero-order valence-corrected chi connectivity index (χ0v) is 13.8. The topological polar surface area (TPSA) is 68.4 Å². The van der Waals surface area contributed by atoms with Crippen LogP contribution in [0.15, 0.2) is 29.2 Å². The summed E-state index contributed by atoms with van der Waals surface area (Å²) >= 11 is 0. The molecule has 0 bridgehead atoms. The molecule has 0 aliphatic carbocycles. The van der Waals surface area contributed by atoms with Gasteiger partial charge < -0.3 is 9.88 Å². The number of amides is 1. The molecule has 3 rings (SSSR count). The van der Waals surface area contributed by atoms with Gasteiger partial charge in [0, 0.05) is 19.3 Å². The fraction of sp³-hybridized carbons (Fsp3) is 0.353. The molecule has 6 heteroatoms. The molecule has 3 aromatic rings. The summed E-state index contributed by atoms with van der Waals surface area (Å²) in [7, 11) is 1.76. The molecule has 1 unspecified atom stereocenters. The fourth-order valence-corrected chi connectivity index (χ4v) is 2.65. The number of hydrogen-bond acceptors (Lipinski definition) is 3. The Morgan fingerprint density at radius 1 is 1.39 bits per heavy atom. The van der Waals surface area contributed by atoms with E-state index in [1.165, 1.54) is 4.40 Å². The first-order chi connectivity index (χ1) is 10.9. The maximum absolute atomic E-state index is 12.7. The number of aromatic nitrogens is 3. The smallest absolute Gasteiger partial charge is 0.268 e. The van der Waals surface area contributed by atoms with Crippen LogP contribution in [0.2, 0.25) is 0 Å². The minimum Gasteiger partial charge on any atom is -0.348 e. The molecule has 6 nitrogen and oxygen atoms in total. The van der Waals surface area contributed by atoms with E-state index in [-0.39, 0.29) is 17.5 Å². The van der Waals surface area contributed by atoms with E-state index in [1.54, 1.807) is 23.9 Å². The van der Waals surface area contributed by atoms with E-state index < -0.39 is 0 Å². The lowest BCUT2D eigenvalue weighted by atomic mass is 10.2. The van der Waals surface area contributed by atoms with Crippen molar-refractivity contribution < 1.29 is 4.79 Å². The van der Waals surface area contributed by atoms with Crippen molar-refractivity contribution in [3.63, 3.8) is 0 Å². The molecule has 0 fully saturated rings. The minimum atomic E-state index is -0.190. The highest BCUT2D eigenvalue weighted by molar-refractivity contribution is 5.98. The largest absolute Gasteiger partial charge is 0.348 e. The third-order valence-corrected chi connectivity index (χ3v) is 4.25. The van der Waals surface area contributed by atoms with Crippen molar-refractivity contribution >= 4 is 22.6 Å². The quantitative estimate of drug-likeness (QED) is 0.804. The lowest BCUT2D eigenvalue weighted by molar-refractivity contribution is 0.0931. The predicted octanol–water partition coefficient (Wildman–Crippen LogP) is 2.02. The normalized spacial score (nSPS) is 12.7. The molecule has 1 N–H and O–H groups in total. The van der Waals surface area contributed by atoms with Gasteiger partial charge in [0.1, 0.15) is 17.0 Å². The Balaban J connectivity index is 2.24. The van der Waals surface area contributed by atoms with Crippen LogP contribution in [0.4, 0.5) is 0 Å². The van der Waals surface area contributed by atoms with Gasteiger partial charge in [0.15, 0.2) is 0 Å². The number of nitrogens with one attached hydrogen (secondary N) is 1. The second kappa shape index (κ2) is 5.53. The zero-order chi connectivity index (χ0) is 16.7. The highest BCUT2D eigenvalue weighted by Crippen LogP contribution is 2.16. The summed E-state index contributed by atoms with van der Waals surface area (Å²) in [5, 5.41) is 3.37. The number of rotatable bonds is 3. The first kappa shape index (κ1) is 15.3. The van der Waals surface area contributed by atoms with Crippen molar-refractivity contribution in [1.82, 2.24) is 19.3 Å². The molecule has 3 heterocycles. The first-order valence-corrected chi connectivity index (χ1v) is 7.72. The van der Waals surface area contributed by atoms with Crippen LogP contribution in [0, 0.1) is 6.92 Å². The van der Waals surface area contributed by atoms with E-state index in [2.05, 4.69) is 10.3 Å². The summed E-state index contributed by atoms with van der Waals surface area (Å²) in [5.74, 6) is -0.190. The predicted molar refractivity (Wildman–Crippen MR) is 89.9 cm³/mol. The molecular weight excluding hydrogens is 292 g/mol. The summed E-state index contributed by atoms with van der Waals surface area (Å²) in [6.45, 7) is 5.87. The van der Waals surface area contributed by atoms with Crippen molar-refractivity contribution in [2.45, 2.75) is 33.2 Å². The molecule has 0 saturated carbocycles. The Hall–Kier alpha value is -2.63. The van der Waals surface area contributed by atoms with Crippen LogP contribution in [0.5, 0.6) is 0 Å². The van der Waals surface area contributed by atoms with Crippen molar-refractivity contribution in [1.29, 1.82) is 0 Å². The number of nitrogens with zero attached hydrogens (tertiary/aromatic N) is 3. The second-order valence-corrected chi connectivity index (χ2v) is 5.91. The highest BCUT2D eigenvalue weighted by atomic mass is 16.2. The van der Waals surface area contributed by atoms with E-state index in [4.69, 9.17) is 0 Å². The summed E-state index contributed by atoms with van der Waals surface area (Å²) < 4.78 is 3.20. The average Bonchev–Trinajstić information content (AvgIpc) is 2.86. The van der Waals surface area contributed by atoms with Crippen LogP contribution in [0.1, 0.15) is 36.3 Å². The van der Waals surface area contributed by atoms with Gasteiger partial charge in [-0.2, -0.15) is 0 Å². The molecule has 0 aliphatic rings. The van der Waals surface area contributed by atoms with Gasteiger partial charge >= 0.3 is 0 Å². The summed E-state index contributed by atoms with van der Waals surface area (Å²) in [4.78, 5) is 29.7. The molecular formula is C17H20N4O2. The standard InChI is InChI=1S/C17H20N4O2/c1-5-11(3)18-16(22)13-9-12-15(20(13)4)19-14-10(2)7-6-8-21(14)17(12)23/h6-9,11H,5H2,1-4H3,(H,18,22). The van der Waals surface area contributed by atoms with Crippen molar-refractivity contribution in [2.75, 3.05) is 0 Å². The highest BCUT2D eigenvalue weighted by Gasteiger charge is 2.18. The number of aryl methyl sites for hydroxylation is 2. The van der Waals surface area contributed by atoms with Crippen LogP contribution < -0.4 is 10.9 Å². The van der Waals surface area contributed by atoms with Crippen LogP contribution in [-0.4, -0.2) is 25.9 Å². The number of hydrogen-bond donors (Lipinski definition) is 1. The van der Waals surface area contributed by atoms with Gasteiger partial charge in [0.05, 0.1) is 5.39 Å². The average molecular weight is 312 g/mol. The molecule has 0 spiro atoms. The maximum atomic E-state index is 12.7. The molecule has 3 aromatic heterocycles. The van der Waals surface area contributed by atoms with Gasteiger partial charge in [-0.3, -0.25) is 14.0 Å². The van der Waals surface area contributed by atoms with Crippen molar-refractivity contribution in [2.24, 2.45) is 7.05 Å². The van der Waals surface area contributed by atoms with Gasteiger partial charge in [-0.15, -0.1) is 0 Å². The van der Waals surface area contributed by atoms with E-state index in [9.17, 15) is 9.59 Å². The van der Waals surface area contributed by atoms with Gasteiger partial charge in [-0.25, -0.2) is 4.98 Å². The summed E-state index contributed by atoms with van der Waals surface area (Å²) in [6, 6.07) is 5.43. The lowest BCUT2D eigenvalue weighted by Crippen LogP contribution is -2.33.